The lowest BCUT2D eigenvalue weighted by Crippen LogP contribution is -2.58. The predicted octanol–water partition coefficient (Wildman–Crippen LogP) is 5.31. The third-order valence-corrected chi connectivity index (χ3v) is 11.7. The Labute approximate surface area is 291 Å². The number of aromatic nitrogens is 2. The summed E-state index contributed by atoms with van der Waals surface area (Å²) in [6.07, 6.45) is 8.41. The third kappa shape index (κ3) is 9.51. The number of morpholine rings is 1. The van der Waals surface area contributed by atoms with Gasteiger partial charge in [0.15, 0.2) is 5.75 Å². The third-order valence-electron chi connectivity index (χ3n) is 9.65. The Kier molecular flexibility index (Phi) is 13.2. The zero-order chi connectivity index (χ0) is 34.1. The van der Waals surface area contributed by atoms with Gasteiger partial charge in [0.2, 0.25) is 0 Å². The van der Waals surface area contributed by atoms with Gasteiger partial charge >= 0.3 is 4.87 Å². The standard InChI is InChI=1S/C35H51N5O6S2/c1-24(2)32-37-27(21-47-32)33(43)40-17-18-46-35(22-40)12-15-39(16-13-35)14-8-6-4-5-7-9-25(3)19-36-20-28(42)26-10-11-29(45-23-41)30-31(26)48-34(44)38-30/h10-11,21,23-25,28,36,42H,4-9,12-20,22H2,1-3H3,(H,38,44)/t25?,28-/m0/s1. The van der Waals surface area contributed by atoms with Gasteiger partial charge in [0.05, 0.1) is 34.6 Å². The topological polar surface area (TPSA) is 137 Å². The van der Waals surface area contributed by atoms with Crippen molar-refractivity contribution in [2.75, 3.05) is 52.4 Å². The number of fused-ring (bicyclic) bond motifs is 1. The first kappa shape index (κ1) is 36.6. The van der Waals surface area contributed by atoms with E-state index in [0.717, 1.165) is 61.8 Å². The Morgan fingerprint density at radius 3 is 2.67 bits per heavy atom. The van der Waals surface area contributed by atoms with E-state index in [-0.39, 0.29) is 22.1 Å². The molecule has 2 saturated heterocycles. The lowest BCUT2D eigenvalue weighted by molar-refractivity contribution is -0.127. The number of ether oxygens (including phenoxy) is 2. The number of carbonyl (C=O) groups is 2. The number of aliphatic hydroxyl groups excluding tert-OH is 1. The van der Waals surface area contributed by atoms with E-state index >= 15 is 0 Å². The summed E-state index contributed by atoms with van der Waals surface area (Å²) < 4.78 is 11.9. The van der Waals surface area contributed by atoms with Gasteiger partial charge in [0.1, 0.15) is 11.2 Å². The Morgan fingerprint density at radius 1 is 1.15 bits per heavy atom. The Hall–Kier alpha value is -2.68. The molecule has 2 aliphatic heterocycles. The molecule has 2 aliphatic rings. The number of aromatic amines is 1. The SMILES string of the molecule is CC(CCCCCCCN1CCC2(CC1)CN(C(=O)c1csc(C(C)C)n1)CCO2)CNC[C@H](O)c1ccc(OC=O)c2[nH]c(=O)sc12. The first-order valence-electron chi connectivity index (χ1n) is 17.4. The monoisotopic (exact) mass is 701 g/mol. The maximum atomic E-state index is 13.2. The van der Waals surface area contributed by atoms with Crippen molar-refractivity contribution in [2.45, 2.75) is 89.8 Å². The number of nitrogens with zero attached hydrogens (tertiary/aromatic N) is 3. The lowest BCUT2D eigenvalue weighted by atomic mass is 9.89. The molecule has 1 unspecified atom stereocenters. The van der Waals surface area contributed by atoms with E-state index < -0.39 is 6.10 Å². The molecule has 0 aliphatic carbocycles. The van der Waals surface area contributed by atoms with Crippen LogP contribution in [0.25, 0.3) is 10.2 Å². The van der Waals surface area contributed by atoms with Crippen LogP contribution in [0.5, 0.6) is 5.75 Å². The molecule has 3 aromatic rings. The lowest BCUT2D eigenvalue weighted by Gasteiger charge is -2.47. The Balaban J connectivity index is 0.917. The molecule has 1 amide bonds. The minimum Gasteiger partial charge on any atom is -0.426 e. The smallest absolute Gasteiger partial charge is 0.305 e. The maximum Gasteiger partial charge on any atom is 0.305 e. The zero-order valence-corrected chi connectivity index (χ0v) is 30.1. The highest BCUT2D eigenvalue weighted by Crippen LogP contribution is 2.33. The normalized spacial score (nSPS) is 18.1. The van der Waals surface area contributed by atoms with Crippen LogP contribution in [0.4, 0.5) is 0 Å². The number of aliphatic hydroxyl groups is 1. The van der Waals surface area contributed by atoms with Crippen LogP contribution in [-0.4, -0.2) is 95.3 Å². The van der Waals surface area contributed by atoms with Crippen LogP contribution < -0.4 is 14.9 Å². The van der Waals surface area contributed by atoms with Crippen molar-refractivity contribution < 1.29 is 24.2 Å². The van der Waals surface area contributed by atoms with Crippen LogP contribution in [0.15, 0.2) is 22.3 Å². The summed E-state index contributed by atoms with van der Waals surface area (Å²) in [5.41, 5.74) is 1.44. The minimum atomic E-state index is -0.775. The Morgan fingerprint density at radius 2 is 1.92 bits per heavy atom. The summed E-state index contributed by atoms with van der Waals surface area (Å²) in [4.78, 5) is 47.4. The van der Waals surface area contributed by atoms with Crippen LogP contribution >= 0.6 is 22.7 Å². The fourth-order valence-electron chi connectivity index (χ4n) is 6.80. The van der Waals surface area contributed by atoms with E-state index in [1.54, 1.807) is 23.5 Å². The highest BCUT2D eigenvalue weighted by molar-refractivity contribution is 7.16. The number of H-pyrrole nitrogens is 1. The number of rotatable bonds is 17. The highest BCUT2D eigenvalue weighted by Gasteiger charge is 2.41. The fraction of sp³-hybridized carbons (Fsp3) is 0.657. The average molecular weight is 702 g/mol. The van der Waals surface area contributed by atoms with Crippen molar-refractivity contribution in [3.8, 4) is 5.75 Å². The number of likely N-dealkylation sites (tertiary alicyclic amines) is 1. The molecule has 3 N–H and O–H groups in total. The quantitative estimate of drug-likeness (QED) is 0.126. The largest absolute Gasteiger partial charge is 0.426 e. The van der Waals surface area contributed by atoms with Crippen molar-refractivity contribution in [1.82, 2.24) is 25.1 Å². The summed E-state index contributed by atoms with van der Waals surface area (Å²) in [5, 5.41) is 17.1. The van der Waals surface area contributed by atoms with Gasteiger partial charge in [-0.3, -0.25) is 14.4 Å². The minimum absolute atomic E-state index is 0.0402. The molecule has 264 valence electrons. The van der Waals surface area contributed by atoms with E-state index in [0.29, 0.717) is 66.0 Å². The van der Waals surface area contributed by atoms with Gasteiger partial charge in [-0.15, -0.1) is 11.3 Å². The van der Waals surface area contributed by atoms with E-state index in [1.807, 2.05) is 10.3 Å². The number of carbonyl (C=O) groups excluding carboxylic acids is 2. The molecular weight excluding hydrogens is 651 g/mol. The fourth-order valence-corrected chi connectivity index (χ4v) is 8.52. The van der Waals surface area contributed by atoms with Gasteiger partial charge < -0.3 is 34.7 Å². The van der Waals surface area contributed by atoms with Crippen LogP contribution in [0.1, 0.15) is 105 Å². The van der Waals surface area contributed by atoms with E-state index in [2.05, 4.69) is 41.0 Å². The second-order valence-electron chi connectivity index (χ2n) is 13.7. The number of nitrogens with one attached hydrogen (secondary N) is 2. The second-order valence-corrected chi connectivity index (χ2v) is 15.6. The number of hydrogen-bond donors (Lipinski definition) is 3. The zero-order valence-electron chi connectivity index (χ0n) is 28.5. The molecule has 0 bridgehead atoms. The van der Waals surface area contributed by atoms with E-state index in [4.69, 9.17) is 9.47 Å². The van der Waals surface area contributed by atoms with Gasteiger partial charge in [0, 0.05) is 43.0 Å². The summed E-state index contributed by atoms with van der Waals surface area (Å²) in [6.45, 7) is 13.0. The summed E-state index contributed by atoms with van der Waals surface area (Å²) in [5.74, 6) is 1.15. The maximum absolute atomic E-state index is 13.2. The molecule has 0 saturated carbocycles. The van der Waals surface area contributed by atoms with Crippen molar-refractivity contribution in [3.63, 3.8) is 0 Å². The summed E-state index contributed by atoms with van der Waals surface area (Å²) >= 11 is 2.58. The van der Waals surface area contributed by atoms with Crippen molar-refractivity contribution in [2.24, 2.45) is 5.92 Å². The van der Waals surface area contributed by atoms with E-state index in [9.17, 15) is 19.5 Å². The molecule has 2 aromatic heterocycles. The molecule has 11 nitrogen and oxygen atoms in total. The van der Waals surface area contributed by atoms with Crippen LogP contribution in [0.3, 0.4) is 0 Å². The summed E-state index contributed by atoms with van der Waals surface area (Å²) in [6, 6.07) is 3.30. The molecular formula is C35H51N5O6S2. The summed E-state index contributed by atoms with van der Waals surface area (Å²) in [7, 11) is 0. The van der Waals surface area contributed by atoms with Gasteiger partial charge in [-0.2, -0.15) is 0 Å². The highest BCUT2D eigenvalue weighted by atomic mass is 32.1. The first-order valence-corrected chi connectivity index (χ1v) is 19.1. The van der Waals surface area contributed by atoms with E-state index in [1.165, 1.54) is 32.1 Å². The van der Waals surface area contributed by atoms with Gasteiger partial charge in [-0.1, -0.05) is 63.9 Å². The number of thiazole rings is 2. The molecule has 0 radical (unpaired) electrons. The number of amides is 1. The predicted molar refractivity (Wildman–Crippen MR) is 190 cm³/mol. The number of unbranched alkanes of at least 4 members (excludes halogenated alkanes) is 4. The first-order chi connectivity index (χ1) is 23.2. The number of piperidine rings is 1. The number of hydrogen-bond acceptors (Lipinski definition) is 11. The molecule has 4 heterocycles. The van der Waals surface area contributed by atoms with Crippen LogP contribution in [0.2, 0.25) is 0 Å². The second kappa shape index (κ2) is 17.3. The molecule has 1 spiro atoms. The van der Waals surface area contributed by atoms with Crippen LogP contribution in [-0.2, 0) is 9.53 Å². The van der Waals surface area contributed by atoms with Crippen molar-refractivity contribution in [3.05, 3.63) is 43.4 Å². The van der Waals surface area contributed by atoms with Crippen molar-refractivity contribution in [1.29, 1.82) is 0 Å². The van der Waals surface area contributed by atoms with Gasteiger partial charge in [-0.25, -0.2) is 4.98 Å². The molecule has 13 heteroatoms. The molecule has 48 heavy (non-hydrogen) atoms. The molecule has 1 aromatic carbocycles. The number of benzene rings is 1. The van der Waals surface area contributed by atoms with Crippen LogP contribution in [0, 0.1) is 5.92 Å². The Bertz CT molecular complexity index is 1550. The van der Waals surface area contributed by atoms with Crippen molar-refractivity contribution >= 4 is 45.3 Å². The molecule has 2 fully saturated rings. The van der Waals surface area contributed by atoms with Gasteiger partial charge in [0.25, 0.3) is 12.4 Å². The molecule has 2 atom stereocenters. The van der Waals surface area contributed by atoms with Gasteiger partial charge in [-0.05, 0) is 50.8 Å². The molecule has 5 rings (SSSR count). The average Bonchev–Trinajstić information content (AvgIpc) is 3.73.